The van der Waals surface area contributed by atoms with Gasteiger partial charge in [-0.25, -0.2) is 9.37 Å². The van der Waals surface area contributed by atoms with Gasteiger partial charge in [-0.3, -0.25) is 20.2 Å². The van der Waals surface area contributed by atoms with Crippen molar-refractivity contribution in [3.8, 4) is 39.7 Å². The number of rotatable bonds is 3. The number of benzene rings is 1. The summed E-state index contributed by atoms with van der Waals surface area (Å²) in [4.78, 5) is 16.6. The molecule has 9 nitrogen and oxygen atoms in total. The highest BCUT2D eigenvalue weighted by Gasteiger charge is 2.17. The lowest BCUT2D eigenvalue weighted by molar-refractivity contribution is 0.469. The fraction of sp³-hybridized carbons (Fsp3) is 0. The van der Waals surface area contributed by atoms with E-state index in [1.807, 2.05) is 6.07 Å². The van der Waals surface area contributed by atoms with Gasteiger partial charge in [-0.05, 0) is 23.8 Å². The van der Waals surface area contributed by atoms with Crippen LogP contribution in [0, 0.1) is 5.82 Å². The van der Waals surface area contributed by atoms with Crippen LogP contribution in [0.5, 0.6) is 5.75 Å². The average Bonchev–Trinajstić information content (AvgIpc) is 3.50. The number of H-pyrrole nitrogens is 3. The Balaban J connectivity index is 1.53. The summed E-state index contributed by atoms with van der Waals surface area (Å²) in [6, 6.07) is 5.77. The quantitative estimate of drug-likeness (QED) is 0.350. The van der Waals surface area contributed by atoms with Gasteiger partial charge in [0, 0.05) is 35.0 Å². The van der Waals surface area contributed by atoms with E-state index in [-0.39, 0.29) is 5.75 Å². The lowest BCUT2D eigenvalue weighted by atomic mass is 10.1. The average molecular weight is 412 g/mol. The second-order valence-electron chi connectivity index (χ2n) is 7.04. The van der Waals surface area contributed by atoms with E-state index in [1.54, 1.807) is 31.0 Å². The number of nitrogens with zero attached hydrogens (tertiary/aromatic N) is 5. The largest absolute Gasteiger partial charge is 0.508 e. The van der Waals surface area contributed by atoms with Crippen molar-refractivity contribution in [3.05, 3.63) is 61.1 Å². The van der Waals surface area contributed by atoms with Gasteiger partial charge in [-0.2, -0.15) is 10.2 Å². The van der Waals surface area contributed by atoms with Crippen LogP contribution in [-0.2, 0) is 0 Å². The third-order valence-corrected chi connectivity index (χ3v) is 5.05. The van der Waals surface area contributed by atoms with Gasteiger partial charge in [-0.15, -0.1) is 0 Å². The lowest BCUT2D eigenvalue weighted by Gasteiger charge is -2.03. The molecule has 0 saturated carbocycles. The van der Waals surface area contributed by atoms with Crippen molar-refractivity contribution in [2.75, 3.05) is 0 Å². The van der Waals surface area contributed by atoms with Crippen LogP contribution in [0.25, 0.3) is 55.8 Å². The number of aromatic amines is 3. The number of aromatic nitrogens is 8. The van der Waals surface area contributed by atoms with E-state index >= 15 is 0 Å². The third kappa shape index (κ3) is 2.81. The van der Waals surface area contributed by atoms with Crippen molar-refractivity contribution in [2.24, 2.45) is 0 Å². The molecule has 0 aliphatic carbocycles. The summed E-state index contributed by atoms with van der Waals surface area (Å²) in [6.07, 6.45) is 8.40. The molecule has 0 fully saturated rings. The molecule has 0 spiro atoms. The number of hydrogen-bond acceptors (Lipinski definition) is 6. The Morgan fingerprint density at radius 3 is 2.71 bits per heavy atom. The Labute approximate surface area is 173 Å². The van der Waals surface area contributed by atoms with Crippen molar-refractivity contribution >= 4 is 21.9 Å². The zero-order valence-electron chi connectivity index (χ0n) is 15.8. The smallest absolute Gasteiger partial charge is 0.159 e. The fourth-order valence-corrected chi connectivity index (χ4v) is 3.63. The summed E-state index contributed by atoms with van der Waals surface area (Å²) in [5.41, 5.74) is 5.31. The second-order valence-corrected chi connectivity index (χ2v) is 7.04. The van der Waals surface area contributed by atoms with E-state index < -0.39 is 5.82 Å². The molecule has 0 aliphatic rings. The molecule has 5 aromatic heterocycles. The Morgan fingerprint density at radius 1 is 0.935 bits per heavy atom. The van der Waals surface area contributed by atoms with E-state index in [1.165, 1.54) is 12.1 Å². The molecule has 10 heteroatoms. The molecule has 0 saturated heterocycles. The molecule has 5 heterocycles. The predicted octanol–water partition coefficient (Wildman–Crippen LogP) is 3.80. The van der Waals surface area contributed by atoms with Gasteiger partial charge < -0.3 is 10.1 Å². The molecule has 1 aromatic carbocycles. The molecule has 150 valence electrons. The van der Waals surface area contributed by atoms with Crippen LogP contribution in [0.4, 0.5) is 4.39 Å². The summed E-state index contributed by atoms with van der Waals surface area (Å²) in [5.74, 6) is -0.180. The van der Waals surface area contributed by atoms with Crippen molar-refractivity contribution < 1.29 is 9.50 Å². The minimum Gasteiger partial charge on any atom is -0.508 e. The highest BCUT2D eigenvalue weighted by atomic mass is 19.1. The number of hydrogen-bond donors (Lipinski definition) is 4. The van der Waals surface area contributed by atoms with Crippen LogP contribution < -0.4 is 0 Å². The molecule has 6 rings (SSSR count). The number of aromatic hydroxyl groups is 1. The number of imidazole rings is 1. The van der Waals surface area contributed by atoms with E-state index in [4.69, 9.17) is 4.98 Å². The first-order valence-electron chi connectivity index (χ1n) is 9.33. The molecular formula is C21H13FN8O. The summed E-state index contributed by atoms with van der Waals surface area (Å²) in [6.45, 7) is 0. The number of phenols is 1. The van der Waals surface area contributed by atoms with Crippen molar-refractivity contribution in [1.29, 1.82) is 0 Å². The topological polar surface area (TPSA) is 132 Å². The SMILES string of the molecule is Oc1cc(F)cc(-c2cncc3[nH]c(-c4n[nH]c5cnc(-c6cn[nH]c6)cc45)nc23)c1. The zero-order chi connectivity index (χ0) is 20.9. The van der Waals surface area contributed by atoms with Crippen LogP contribution in [0.2, 0.25) is 0 Å². The summed E-state index contributed by atoms with van der Waals surface area (Å²) < 4.78 is 13.8. The van der Waals surface area contributed by atoms with Gasteiger partial charge in [-0.1, -0.05) is 0 Å². The first-order valence-corrected chi connectivity index (χ1v) is 9.33. The number of pyridine rings is 2. The second kappa shape index (κ2) is 6.46. The zero-order valence-corrected chi connectivity index (χ0v) is 15.8. The Morgan fingerprint density at radius 2 is 1.87 bits per heavy atom. The standard InChI is InChI=1S/C21H13FN8O/c22-12-1-10(2-13(31)3-12)15-7-23-8-18-19(15)28-21(27-18)20-14-4-16(11-5-25-26-6-11)24-9-17(14)29-30-20/h1-9,31H,(H,25,26)(H,27,28)(H,29,30). The number of phenolic OH excluding ortho intramolecular Hbond substituents is 1. The summed E-state index contributed by atoms with van der Waals surface area (Å²) in [7, 11) is 0. The van der Waals surface area contributed by atoms with Crippen LogP contribution in [-0.4, -0.2) is 45.4 Å². The van der Waals surface area contributed by atoms with Crippen LogP contribution in [0.3, 0.4) is 0 Å². The summed E-state index contributed by atoms with van der Waals surface area (Å²) >= 11 is 0. The number of nitrogens with one attached hydrogen (secondary N) is 3. The van der Waals surface area contributed by atoms with Gasteiger partial charge in [0.25, 0.3) is 0 Å². The highest BCUT2D eigenvalue weighted by molar-refractivity contribution is 5.97. The highest BCUT2D eigenvalue weighted by Crippen LogP contribution is 2.33. The third-order valence-electron chi connectivity index (χ3n) is 5.05. The lowest BCUT2D eigenvalue weighted by Crippen LogP contribution is -1.85. The Hall–Kier alpha value is -4.60. The molecule has 0 bridgehead atoms. The Bertz CT molecular complexity index is 1550. The van der Waals surface area contributed by atoms with Gasteiger partial charge in [0.2, 0.25) is 0 Å². The molecular weight excluding hydrogens is 399 g/mol. The predicted molar refractivity (Wildman–Crippen MR) is 111 cm³/mol. The van der Waals surface area contributed by atoms with E-state index in [9.17, 15) is 9.50 Å². The number of halogens is 1. The van der Waals surface area contributed by atoms with Crippen molar-refractivity contribution in [3.63, 3.8) is 0 Å². The van der Waals surface area contributed by atoms with Crippen LogP contribution in [0.15, 0.2) is 55.2 Å². The first-order chi connectivity index (χ1) is 15.2. The maximum Gasteiger partial charge on any atom is 0.159 e. The molecule has 31 heavy (non-hydrogen) atoms. The molecule has 4 N–H and O–H groups in total. The Kier molecular flexibility index (Phi) is 3.60. The normalized spacial score (nSPS) is 11.5. The maximum absolute atomic E-state index is 13.8. The van der Waals surface area contributed by atoms with E-state index in [0.29, 0.717) is 33.7 Å². The van der Waals surface area contributed by atoms with Crippen molar-refractivity contribution in [1.82, 2.24) is 40.3 Å². The molecule has 0 amide bonds. The molecule has 0 unspecified atom stereocenters. The van der Waals surface area contributed by atoms with E-state index in [0.717, 1.165) is 28.2 Å². The number of fused-ring (bicyclic) bond motifs is 2. The van der Waals surface area contributed by atoms with Crippen LogP contribution >= 0.6 is 0 Å². The fourth-order valence-electron chi connectivity index (χ4n) is 3.63. The minimum absolute atomic E-state index is 0.166. The van der Waals surface area contributed by atoms with E-state index in [2.05, 4.69) is 35.3 Å². The molecule has 6 aromatic rings. The monoisotopic (exact) mass is 412 g/mol. The van der Waals surface area contributed by atoms with Gasteiger partial charge in [0.05, 0.1) is 40.8 Å². The molecule has 0 radical (unpaired) electrons. The summed E-state index contributed by atoms with van der Waals surface area (Å²) in [5, 5.41) is 24.8. The first kappa shape index (κ1) is 17.3. The van der Waals surface area contributed by atoms with Gasteiger partial charge in [0.1, 0.15) is 17.3 Å². The molecule has 0 aliphatic heterocycles. The minimum atomic E-state index is -0.541. The molecule has 0 atom stereocenters. The van der Waals surface area contributed by atoms with Gasteiger partial charge in [0.15, 0.2) is 5.82 Å². The maximum atomic E-state index is 13.8. The van der Waals surface area contributed by atoms with Crippen LogP contribution in [0.1, 0.15) is 0 Å². The van der Waals surface area contributed by atoms with Gasteiger partial charge >= 0.3 is 0 Å². The van der Waals surface area contributed by atoms with Crippen molar-refractivity contribution in [2.45, 2.75) is 0 Å².